The van der Waals surface area contributed by atoms with Crippen LogP contribution in [0, 0.1) is 11.8 Å². The Kier molecular flexibility index (Phi) is 4.51. The van der Waals surface area contributed by atoms with Crippen LogP contribution in [0.4, 0.5) is 0 Å². The smallest absolute Gasteiger partial charge is 0.277 e. The van der Waals surface area contributed by atoms with Crippen molar-refractivity contribution in [3.63, 3.8) is 0 Å². The Balaban J connectivity index is 1.40. The van der Waals surface area contributed by atoms with E-state index < -0.39 is 0 Å². The first kappa shape index (κ1) is 16.2. The van der Waals surface area contributed by atoms with Crippen molar-refractivity contribution in [3.05, 3.63) is 34.6 Å². The number of hydrogen-bond acceptors (Lipinski definition) is 4. The molecule has 0 bridgehead atoms. The fourth-order valence-corrected chi connectivity index (χ4v) is 4.36. The second-order valence-corrected chi connectivity index (χ2v) is 7.32. The summed E-state index contributed by atoms with van der Waals surface area (Å²) < 4.78 is 1.31. The lowest BCUT2D eigenvalue weighted by atomic mass is 9.75. The van der Waals surface area contributed by atoms with E-state index >= 15 is 0 Å². The van der Waals surface area contributed by atoms with E-state index in [-0.39, 0.29) is 11.5 Å². The molecule has 6 nitrogen and oxygen atoms in total. The van der Waals surface area contributed by atoms with Crippen LogP contribution < -0.4 is 5.56 Å². The zero-order valence-electron chi connectivity index (χ0n) is 14.4. The van der Waals surface area contributed by atoms with Crippen molar-refractivity contribution in [2.45, 2.75) is 45.1 Å². The summed E-state index contributed by atoms with van der Waals surface area (Å²) in [6, 6.07) is 7.17. The van der Waals surface area contributed by atoms with Crippen LogP contribution in [0.5, 0.6) is 0 Å². The highest BCUT2D eigenvalue weighted by Gasteiger charge is 2.32. The predicted molar refractivity (Wildman–Crippen MR) is 95.1 cm³/mol. The van der Waals surface area contributed by atoms with Crippen molar-refractivity contribution < 1.29 is 4.79 Å². The number of nitrogens with zero attached hydrogens (tertiary/aromatic N) is 4. The number of carbonyl (C=O) groups is 1. The zero-order valence-corrected chi connectivity index (χ0v) is 14.4. The summed E-state index contributed by atoms with van der Waals surface area (Å²) in [6.07, 6.45) is 6.67. The van der Waals surface area contributed by atoms with Gasteiger partial charge in [0.2, 0.25) is 5.91 Å². The maximum atomic E-state index is 12.6. The Morgan fingerprint density at radius 1 is 1.12 bits per heavy atom. The van der Waals surface area contributed by atoms with E-state index in [1.807, 2.05) is 17.0 Å². The molecule has 1 aromatic heterocycles. The SMILES string of the molecule is O=C(CCn1nnc2ccccc2c1=O)N1CC[C@@H]2CCCC[C@@H]2C1. The second kappa shape index (κ2) is 6.94. The minimum atomic E-state index is -0.176. The van der Waals surface area contributed by atoms with E-state index in [9.17, 15) is 9.59 Å². The lowest BCUT2D eigenvalue weighted by Crippen LogP contribution is -2.45. The van der Waals surface area contributed by atoms with Crippen molar-refractivity contribution in [2.24, 2.45) is 11.8 Å². The molecule has 1 aliphatic carbocycles. The molecule has 1 saturated heterocycles. The topological polar surface area (TPSA) is 68.1 Å². The van der Waals surface area contributed by atoms with Crippen LogP contribution in [0.3, 0.4) is 0 Å². The highest BCUT2D eigenvalue weighted by atomic mass is 16.2. The van der Waals surface area contributed by atoms with Gasteiger partial charge in [-0.3, -0.25) is 9.59 Å². The third kappa shape index (κ3) is 3.30. The molecule has 1 aliphatic heterocycles. The Morgan fingerprint density at radius 3 is 2.80 bits per heavy atom. The van der Waals surface area contributed by atoms with E-state index in [0.29, 0.717) is 29.8 Å². The maximum Gasteiger partial charge on any atom is 0.277 e. The molecule has 2 aliphatic rings. The number of likely N-dealkylation sites (tertiary alicyclic amines) is 1. The molecule has 132 valence electrons. The van der Waals surface area contributed by atoms with Gasteiger partial charge in [0, 0.05) is 19.5 Å². The first-order valence-electron chi connectivity index (χ1n) is 9.32. The Hall–Kier alpha value is -2.24. The number of benzene rings is 1. The average Bonchev–Trinajstić information content (AvgIpc) is 2.67. The number of amides is 1. The van der Waals surface area contributed by atoms with Crippen LogP contribution in [0.15, 0.2) is 29.1 Å². The molecule has 25 heavy (non-hydrogen) atoms. The summed E-state index contributed by atoms with van der Waals surface area (Å²) in [5.74, 6) is 1.62. The third-order valence-electron chi connectivity index (χ3n) is 5.81. The average molecular weight is 340 g/mol. The van der Waals surface area contributed by atoms with Crippen LogP contribution in [0.25, 0.3) is 10.9 Å². The molecule has 2 atom stereocenters. The molecule has 2 fully saturated rings. The van der Waals surface area contributed by atoms with Crippen LogP contribution in [-0.4, -0.2) is 38.9 Å². The molecule has 2 heterocycles. The van der Waals surface area contributed by atoms with Gasteiger partial charge in [0.05, 0.1) is 11.9 Å². The zero-order chi connectivity index (χ0) is 17.2. The molecular weight excluding hydrogens is 316 g/mol. The summed E-state index contributed by atoms with van der Waals surface area (Å²) in [6.45, 7) is 2.04. The van der Waals surface area contributed by atoms with E-state index in [1.165, 1.54) is 30.4 Å². The van der Waals surface area contributed by atoms with Gasteiger partial charge in [0.15, 0.2) is 0 Å². The summed E-state index contributed by atoms with van der Waals surface area (Å²) >= 11 is 0. The summed E-state index contributed by atoms with van der Waals surface area (Å²) in [4.78, 5) is 27.0. The number of aromatic nitrogens is 3. The Labute approximate surface area is 146 Å². The van der Waals surface area contributed by atoms with Crippen molar-refractivity contribution in [1.29, 1.82) is 0 Å². The van der Waals surface area contributed by atoms with Crippen molar-refractivity contribution >= 4 is 16.8 Å². The molecule has 4 rings (SSSR count). The maximum absolute atomic E-state index is 12.6. The molecule has 0 radical (unpaired) electrons. The molecule has 0 N–H and O–H groups in total. The molecule has 2 aromatic rings. The number of rotatable bonds is 3. The molecule has 1 saturated carbocycles. The van der Waals surface area contributed by atoms with Gasteiger partial charge in [-0.05, 0) is 36.8 Å². The minimum Gasteiger partial charge on any atom is -0.342 e. The lowest BCUT2D eigenvalue weighted by molar-refractivity contribution is -0.134. The largest absolute Gasteiger partial charge is 0.342 e. The van der Waals surface area contributed by atoms with Gasteiger partial charge >= 0.3 is 0 Å². The van der Waals surface area contributed by atoms with Crippen molar-refractivity contribution in [1.82, 2.24) is 19.9 Å². The van der Waals surface area contributed by atoms with E-state index in [0.717, 1.165) is 25.4 Å². The monoisotopic (exact) mass is 340 g/mol. The van der Waals surface area contributed by atoms with Gasteiger partial charge in [-0.1, -0.05) is 36.6 Å². The van der Waals surface area contributed by atoms with Gasteiger partial charge in [0.25, 0.3) is 5.56 Å². The van der Waals surface area contributed by atoms with Gasteiger partial charge in [-0.15, -0.1) is 5.10 Å². The van der Waals surface area contributed by atoms with Gasteiger partial charge in [-0.25, -0.2) is 4.68 Å². The van der Waals surface area contributed by atoms with Crippen LogP contribution >= 0.6 is 0 Å². The van der Waals surface area contributed by atoms with E-state index in [2.05, 4.69) is 10.3 Å². The highest BCUT2D eigenvalue weighted by Crippen LogP contribution is 2.36. The normalized spacial score (nSPS) is 23.4. The van der Waals surface area contributed by atoms with Gasteiger partial charge < -0.3 is 4.90 Å². The second-order valence-electron chi connectivity index (χ2n) is 7.32. The Morgan fingerprint density at radius 2 is 1.92 bits per heavy atom. The van der Waals surface area contributed by atoms with Gasteiger partial charge in [0.1, 0.15) is 5.52 Å². The Bertz CT molecular complexity index is 832. The van der Waals surface area contributed by atoms with Crippen LogP contribution in [0.1, 0.15) is 38.5 Å². The summed E-state index contributed by atoms with van der Waals surface area (Å²) in [5, 5.41) is 8.60. The fourth-order valence-electron chi connectivity index (χ4n) is 4.36. The van der Waals surface area contributed by atoms with E-state index in [1.54, 1.807) is 12.1 Å². The summed E-state index contributed by atoms with van der Waals surface area (Å²) in [5.41, 5.74) is 0.416. The fraction of sp³-hybridized carbons (Fsp3) is 0.579. The quantitative estimate of drug-likeness (QED) is 0.859. The van der Waals surface area contributed by atoms with Crippen LogP contribution in [-0.2, 0) is 11.3 Å². The van der Waals surface area contributed by atoms with Crippen molar-refractivity contribution in [3.8, 4) is 0 Å². The molecular formula is C19H24N4O2. The number of piperidine rings is 1. The first-order valence-corrected chi connectivity index (χ1v) is 9.32. The first-order chi connectivity index (χ1) is 12.2. The molecule has 1 aromatic carbocycles. The number of hydrogen-bond donors (Lipinski definition) is 0. The molecule has 0 unspecified atom stereocenters. The summed E-state index contributed by atoms with van der Waals surface area (Å²) in [7, 11) is 0. The molecule has 6 heteroatoms. The molecule has 0 spiro atoms. The van der Waals surface area contributed by atoms with Crippen LogP contribution in [0.2, 0.25) is 0 Å². The van der Waals surface area contributed by atoms with E-state index in [4.69, 9.17) is 0 Å². The lowest BCUT2D eigenvalue weighted by Gasteiger charge is -2.41. The molecule has 1 amide bonds. The predicted octanol–water partition coefficient (Wildman–Crippen LogP) is 2.22. The van der Waals surface area contributed by atoms with Gasteiger partial charge in [-0.2, -0.15) is 0 Å². The number of fused-ring (bicyclic) bond motifs is 2. The number of aryl methyl sites for hydroxylation is 1. The third-order valence-corrected chi connectivity index (χ3v) is 5.81. The van der Waals surface area contributed by atoms with Crippen molar-refractivity contribution in [2.75, 3.05) is 13.1 Å². The standard InChI is InChI=1S/C19H24N4O2/c24-18(22-11-9-14-5-1-2-6-15(14)13-22)10-12-23-19(25)16-7-3-4-8-17(16)20-21-23/h3-4,7-8,14-15H,1-2,5-6,9-13H2/t14-,15+/m0/s1. The minimum absolute atomic E-state index is 0.130. The highest BCUT2D eigenvalue weighted by molar-refractivity contribution is 5.77. The number of carbonyl (C=O) groups excluding carboxylic acids is 1.